The highest BCUT2D eigenvalue weighted by Crippen LogP contribution is 2.39. The zero-order chi connectivity index (χ0) is 20.5. The lowest BCUT2D eigenvalue weighted by Gasteiger charge is -2.29. The van der Waals surface area contributed by atoms with Gasteiger partial charge in [-0.15, -0.1) is 0 Å². The number of para-hydroxylation sites is 1. The quantitative estimate of drug-likeness (QED) is 0.573. The van der Waals surface area contributed by atoms with Crippen molar-refractivity contribution >= 4 is 29.4 Å². The van der Waals surface area contributed by atoms with Crippen LogP contribution in [0.5, 0.6) is 0 Å². The number of fused-ring (bicyclic) bond motifs is 2. The van der Waals surface area contributed by atoms with E-state index in [-0.39, 0.29) is 29.6 Å². The third kappa shape index (κ3) is 3.54. The van der Waals surface area contributed by atoms with Crippen LogP contribution in [-0.2, 0) is 30.3 Å². The Hall–Kier alpha value is -2.70. The number of esters is 1. The molecule has 3 amide bonds. The molecule has 0 aromatic heterocycles. The molecule has 4 rings (SSSR count). The summed E-state index contributed by atoms with van der Waals surface area (Å²) in [6.45, 7) is 1.67. The predicted molar refractivity (Wildman–Crippen MR) is 105 cm³/mol. The third-order valence-corrected chi connectivity index (χ3v) is 6.35. The molecule has 1 aromatic rings. The first kappa shape index (κ1) is 19.6. The lowest BCUT2D eigenvalue weighted by Crippen LogP contribution is -2.45. The SMILES string of the molecule is C[C@@H](C(=O)OCC(=O)N1CCCc2ccccc21)N1C(=O)[C@@H]2CCCC[C@H]2C1=O. The zero-order valence-corrected chi connectivity index (χ0v) is 16.6. The summed E-state index contributed by atoms with van der Waals surface area (Å²) in [7, 11) is 0. The number of carbonyl (C=O) groups excluding carboxylic acids is 4. The summed E-state index contributed by atoms with van der Waals surface area (Å²) in [5, 5.41) is 0. The lowest BCUT2D eigenvalue weighted by molar-refractivity contribution is -0.159. The van der Waals surface area contributed by atoms with Crippen molar-refractivity contribution in [2.24, 2.45) is 11.8 Å². The molecule has 3 atom stereocenters. The summed E-state index contributed by atoms with van der Waals surface area (Å²) in [5.74, 6) is -2.19. The van der Waals surface area contributed by atoms with Crippen LogP contribution in [0.4, 0.5) is 5.69 Å². The van der Waals surface area contributed by atoms with Crippen LogP contribution in [0, 0.1) is 11.8 Å². The number of likely N-dealkylation sites (tertiary alicyclic amines) is 1. The first-order chi connectivity index (χ1) is 14.0. The molecule has 1 aromatic carbocycles. The smallest absolute Gasteiger partial charge is 0.329 e. The third-order valence-electron chi connectivity index (χ3n) is 6.35. The summed E-state index contributed by atoms with van der Waals surface area (Å²) >= 11 is 0. The Bertz CT molecular complexity index is 827. The second-order valence-electron chi connectivity index (χ2n) is 8.11. The molecule has 7 heteroatoms. The number of anilines is 1. The molecule has 1 saturated heterocycles. The van der Waals surface area contributed by atoms with Crippen molar-refractivity contribution in [1.29, 1.82) is 0 Å². The summed E-state index contributed by atoms with van der Waals surface area (Å²) in [6.07, 6.45) is 5.02. The van der Waals surface area contributed by atoms with Gasteiger partial charge in [-0.2, -0.15) is 0 Å². The highest BCUT2D eigenvalue weighted by Gasteiger charge is 2.51. The zero-order valence-electron chi connectivity index (χ0n) is 16.6. The fourth-order valence-corrected chi connectivity index (χ4v) is 4.80. The molecule has 0 radical (unpaired) electrons. The normalized spacial score (nSPS) is 24.7. The van der Waals surface area contributed by atoms with Gasteiger partial charge in [-0.05, 0) is 44.2 Å². The van der Waals surface area contributed by atoms with Crippen LogP contribution in [0.2, 0.25) is 0 Å². The monoisotopic (exact) mass is 398 g/mol. The Labute approximate surface area is 170 Å². The van der Waals surface area contributed by atoms with E-state index in [1.807, 2.05) is 24.3 Å². The van der Waals surface area contributed by atoms with Crippen LogP contribution in [0.1, 0.15) is 44.6 Å². The van der Waals surface area contributed by atoms with Crippen molar-refractivity contribution in [2.75, 3.05) is 18.1 Å². The predicted octanol–water partition coefficient (Wildman–Crippen LogP) is 2.07. The van der Waals surface area contributed by atoms with E-state index >= 15 is 0 Å². The van der Waals surface area contributed by atoms with Gasteiger partial charge in [0.25, 0.3) is 5.91 Å². The Kier molecular flexibility index (Phi) is 5.39. The van der Waals surface area contributed by atoms with Crippen LogP contribution in [0.15, 0.2) is 24.3 Å². The molecule has 0 N–H and O–H groups in total. The first-order valence-corrected chi connectivity index (χ1v) is 10.4. The van der Waals surface area contributed by atoms with Gasteiger partial charge in [-0.1, -0.05) is 31.0 Å². The van der Waals surface area contributed by atoms with E-state index < -0.39 is 18.6 Å². The first-order valence-electron chi connectivity index (χ1n) is 10.4. The van der Waals surface area contributed by atoms with Gasteiger partial charge in [0.15, 0.2) is 6.61 Å². The maximum Gasteiger partial charge on any atom is 0.329 e. The number of hydrogen-bond acceptors (Lipinski definition) is 5. The van der Waals surface area contributed by atoms with Crippen LogP contribution >= 0.6 is 0 Å². The largest absolute Gasteiger partial charge is 0.454 e. The topological polar surface area (TPSA) is 84.0 Å². The highest BCUT2D eigenvalue weighted by atomic mass is 16.5. The summed E-state index contributed by atoms with van der Waals surface area (Å²) < 4.78 is 5.22. The second kappa shape index (κ2) is 7.97. The van der Waals surface area contributed by atoms with Gasteiger partial charge in [0.2, 0.25) is 11.8 Å². The number of imide groups is 1. The van der Waals surface area contributed by atoms with Gasteiger partial charge in [0.05, 0.1) is 11.8 Å². The van der Waals surface area contributed by atoms with Crippen LogP contribution < -0.4 is 4.90 Å². The van der Waals surface area contributed by atoms with Crippen LogP contribution in [0.3, 0.4) is 0 Å². The molecule has 0 spiro atoms. The molecule has 2 heterocycles. The average molecular weight is 398 g/mol. The molecule has 0 bridgehead atoms. The fourth-order valence-electron chi connectivity index (χ4n) is 4.80. The Morgan fingerprint density at radius 1 is 1.07 bits per heavy atom. The fraction of sp³-hybridized carbons (Fsp3) is 0.545. The molecule has 2 fully saturated rings. The average Bonchev–Trinajstić information content (AvgIpc) is 3.01. The molecule has 1 saturated carbocycles. The van der Waals surface area contributed by atoms with E-state index in [0.29, 0.717) is 19.4 Å². The standard InChI is InChI=1S/C22H26N2O5/c1-14(24-20(26)16-9-3-4-10-17(16)21(24)27)22(28)29-13-19(25)23-12-6-8-15-7-2-5-11-18(15)23/h2,5,7,11,14,16-17H,3-4,6,8-10,12-13H2,1H3/t14-,16+,17+/m0/s1. The molecule has 2 aliphatic heterocycles. The van der Waals surface area contributed by atoms with Gasteiger partial charge < -0.3 is 9.64 Å². The Balaban J connectivity index is 1.38. The molecule has 7 nitrogen and oxygen atoms in total. The lowest BCUT2D eigenvalue weighted by atomic mass is 9.81. The molecule has 29 heavy (non-hydrogen) atoms. The van der Waals surface area contributed by atoms with E-state index in [9.17, 15) is 19.2 Å². The maximum atomic E-state index is 12.6. The Morgan fingerprint density at radius 2 is 1.72 bits per heavy atom. The number of benzene rings is 1. The maximum absolute atomic E-state index is 12.6. The van der Waals surface area contributed by atoms with Crippen molar-refractivity contribution in [1.82, 2.24) is 4.90 Å². The number of nitrogens with zero attached hydrogens (tertiary/aromatic N) is 2. The minimum absolute atomic E-state index is 0.277. The molecule has 1 aliphatic carbocycles. The second-order valence-corrected chi connectivity index (χ2v) is 8.11. The van der Waals surface area contributed by atoms with Crippen molar-refractivity contribution < 1.29 is 23.9 Å². The molecular formula is C22H26N2O5. The number of rotatable bonds is 4. The van der Waals surface area contributed by atoms with E-state index in [1.165, 1.54) is 6.92 Å². The Morgan fingerprint density at radius 3 is 2.41 bits per heavy atom. The van der Waals surface area contributed by atoms with Gasteiger partial charge in [0.1, 0.15) is 6.04 Å². The van der Waals surface area contributed by atoms with Gasteiger partial charge in [-0.25, -0.2) is 4.79 Å². The summed E-state index contributed by atoms with van der Waals surface area (Å²) in [4.78, 5) is 53.1. The minimum atomic E-state index is -1.01. The van der Waals surface area contributed by atoms with Crippen LogP contribution in [0.25, 0.3) is 0 Å². The van der Waals surface area contributed by atoms with Gasteiger partial charge in [0, 0.05) is 12.2 Å². The number of ether oxygens (including phenoxy) is 1. The molecule has 154 valence electrons. The molecule has 3 aliphatic rings. The molecule has 0 unspecified atom stereocenters. The van der Waals surface area contributed by atoms with E-state index in [1.54, 1.807) is 4.90 Å². The van der Waals surface area contributed by atoms with Gasteiger partial charge >= 0.3 is 5.97 Å². The number of aryl methyl sites for hydroxylation is 1. The van der Waals surface area contributed by atoms with E-state index in [4.69, 9.17) is 4.74 Å². The van der Waals surface area contributed by atoms with Gasteiger partial charge in [-0.3, -0.25) is 19.3 Å². The van der Waals surface area contributed by atoms with Crippen LogP contribution in [-0.4, -0.2) is 47.8 Å². The van der Waals surface area contributed by atoms with Crippen molar-refractivity contribution in [3.63, 3.8) is 0 Å². The number of hydrogen-bond donors (Lipinski definition) is 0. The highest BCUT2D eigenvalue weighted by molar-refractivity contribution is 6.08. The summed E-state index contributed by atoms with van der Waals surface area (Å²) in [6, 6.07) is 6.69. The summed E-state index contributed by atoms with van der Waals surface area (Å²) in [5.41, 5.74) is 1.95. The number of amides is 3. The van der Waals surface area contributed by atoms with Crippen molar-refractivity contribution in [3.05, 3.63) is 29.8 Å². The minimum Gasteiger partial charge on any atom is -0.454 e. The number of carbonyl (C=O) groups is 4. The molecular weight excluding hydrogens is 372 g/mol. The van der Waals surface area contributed by atoms with E-state index in [0.717, 1.165) is 41.8 Å². The van der Waals surface area contributed by atoms with E-state index in [2.05, 4.69) is 0 Å². The van der Waals surface area contributed by atoms with Crippen molar-refractivity contribution in [2.45, 2.75) is 51.5 Å². The van der Waals surface area contributed by atoms with Crippen molar-refractivity contribution in [3.8, 4) is 0 Å².